The van der Waals surface area contributed by atoms with Gasteiger partial charge in [-0.1, -0.05) is 30.3 Å². The molecule has 4 aromatic rings. The molecule has 0 aliphatic rings. The van der Waals surface area contributed by atoms with Gasteiger partial charge in [0.05, 0.1) is 13.3 Å². The smallest absolute Gasteiger partial charge is 0.244 e. The zero-order valence-electron chi connectivity index (χ0n) is 15.6. The molecule has 0 spiro atoms. The molecular weight excluding hydrogens is 352 g/mol. The van der Waals surface area contributed by atoms with Crippen LogP contribution in [0.3, 0.4) is 0 Å². The fraction of sp³-hybridized carbons (Fsp3) is 0.190. The molecule has 7 heteroatoms. The molecule has 142 valence electrons. The Labute approximate surface area is 163 Å². The number of ether oxygens (including phenoxy) is 1. The maximum absolute atomic E-state index is 5.17. The molecule has 0 atom stereocenters. The molecule has 0 bridgehead atoms. The summed E-state index contributed by atoms with van der Waals surface area (Å²) in [7, 11) is 1.66. The lowest BCUT2D eigenvalue weighted by atomic mass is 10.1. The predicted molar refractivity (Wildman–Crippen MR) is 111 cm³/mol. The van der Waals surface area contributed by atoms with Crippen LogP contribution in [-0.2, 0) is 13.0 Å². The number of benzene rings is 2. The third kappa shape index (κ3) is 4.20. The minimum absolute atomic E-state index is 0.493. The lowest BCUT2D eigenvalue weighted by Crippen LogP contribution is -2.10. The molecular formula is C21H22N6O. The number of hydrogen-bond acceptors (Lipinski definition) is 6. The Morgan fingerprint density at radius 1 is 1.04 bits per heavy atom. The van der Waals surface area contributed by atoms with Crippen LogP contribution in [-0.4, -0.2) is 33.8 Å². The second-order valence-electron chi connectivity index (χ2n) is 6.40. The maximum atomic E-state index is 5.17. The van der Waals surface area contributed by atoms with Crippen LogP contribution in [0.5, 0.6) is 5.75 Å². The molecule has 0 aliphatic heterocycles. The van der Waals surface area contributed by atoms with Crippen LogP contribution in [0.25, 0.3) is 10.9 Å². The predicted octanol–water partition coefficient (Wildman–Crippen LogP) is 3.63. The lowest BCUT2D eigenvalue weighted by molar-refractivity contribution is 0.414. The van der Waals surface area contributed by atoms with E-state index >= 15 is 0 Å². The van der Waals surface area contributed by atoms with Crippen molar-refractivity contribution in [3.63, 3.8) is 0 Å². The fourth-order valence-corrected chi connectivity index (χ4v) is 3.05. The molecule has 2 aromatic heterocycles. The van der Waals surface area contributed by atoms with Crippen molar-refractivity contribution >= 4 is 22.7 Å². The average Bonchev–Trinajstić information content (AvgIpc) is 3.16. The highest BCUT2D eigenvalue weighted by Crippen LogP contribution is 2.18. The number of H-pyrrole nitrogens is 1. The van der Waals surface area contributed by atoms with E-state index in [1.54, 1.807) is 13.3 Å². The van der Waals surface area contributed by atoms with Gasteiger partial charge in [0, 0.05) is 30.2 Å². The third-order valence-corrected chi connectivity index (χ3v) is 4.54. The zero-order chi connectivity index (χ0) is 19.2. The van der Waals surface area contributed by atoms with Crippen LogP contribution in [0.1, 0.15) is 11.1 Å². The van der Waals surface area contributed by atoms with Gasteiger partial charge in [-0.15, -0.1) is 5.10 Å². The van der Waals surface area contributed by atoms with Gasteiger partial charge in [0.1, 0.15) is 5.75 Å². The molecule has 2 aromatic carbocycles. The Balaban J connectivity index is 1.31. The third-order valence-electron chi connectivity index (χ3n) is 4.54. The second kappa shape index (κ2) is 8.39. The normalized spacial score (nSPS) is 10.8. The van der Waals surface area contributed by atoms with Gasteiger partial charge in [0.25, 0.3) is 0 Å². The average molecular weight is 374 g/mol. The van der Waals surface area contributed by atoms with Gasteiger partial charge in [0.2, 0.25) is 5.95 Å². The van der Waals surface area contributed by atoms with Crippen molar-refractivity contribution < 1.29 is 4.74 Å². The molecule has 0 fully saturated rings. The van der Waals surface area contributed by atoms with Gasteiger partial charge < -0.3 is 20.4 Å². The van der Waals surface area contributed by atoms with E-state index in [0.717, 1.165) is 29.8 Å². The second-order valence-corrected chi connectivity index (χ2v) is 6.40. The molecule has 0 saturated carbocycles. The summed E-state index contributed by atoms with van der Waals surface area (Å²) in [5.74, 6) is 2.03. The molecule has 7 nitrogen and oxygen atoms in total. The molecule has 2 heterocycles. The monoisotopic (exact) mass is 374 g/mol. The summed E-state index contributed by atoms with van der Waals surface area (Å²) in [5.41, 5.74) is 3.55. The summed E-state index contributed by atoms with van der Waals surface area (Å²) in [6.07, 6.45) is 4.59. The van der Waals surface area contributed by atoms with Crippen LogP contribution in [0.15, 0.2) is 60.9 Å². The number of aromatic nitrogens is 4. The summed E-state index contributed by atoms with van der Waals surface area (Å²) in [4.78, 5) is 7.78. The summed E-state index contributed by atoms with van der Waals surface area (Å²) in [6.45, 7) is 1.38. The minimum Gasteiger partial charge on any atom is -0.497 e. The quantitative estimate of drug-likeness (QED) is 0.437. The van der Waals surface area contributed by atoms with E-state index < -0.39 is 0 Å². The van der Waals surface area contributed by atoms with Crippen LogP contribution in [0.2, 0.25) is 0 Å². The van der Waals surface area contributed by atoms with Crippen molar-refractivity contribution in [3.05, 3.63) is 72.1 Å². The summed E-state index contributed by atoms with van der Waals surface area (Å²) in [6, 6.07) is 16.2. The van der Waals surface area contributed by atoms with Crippen LogP contribution in [0.4, 0.5) is 11.8 Å². The minimum atomic E-state index is 0.493. The highest BCUT2D eigenvalue weighted by atomic mass is 16.5. The summed E-state index contributed by atoms with van der Waals surface area (Å²) < 4.78 is 5.17. The van der Waals surface area contributed by atoms with Crippen molar-refractivity contribution in [1.29, 1.82) is 0 Å². The highest BCUT2D eigenvalue weighted by molar-refractivity contribution is 5.83. The van der Waals surface area contributed by atoms with Crippen LogP contribution < -0.4 is 15.4 Å². The first-order valence-electron chi connectivity index (χ1n) is 9.17. The van der Waals surface area contributed by atoms with Crippen molar-refractivity contribution in [2.24, 2.45) is 0 Å². The first-order chi connectivity index (χ1) is 13.8. The first-order valence-corrected chi connectivity index (χ1v) is 9.17. The van der Waals surface area contributed by atoms with Crippen LogP contribution >= 0.6 is 0 Å². The standard InChI is InChI=1S/C21H22N6O/c1-28-17-8-6-15(7-9-17)12-24-21-26-20(14-25-27-21)22-11-10-16-13-23-19-5-3-2-4-18(16)19/h2-9,13-14,23H,10-12H2,1H3,(H2,22,24,26,27). The van der Waals surface area contributed by atoms with E-state index in [-0.39, 0.29) is 0 Å². The number of rotatable bonds is 8. The molecule has 28 heavy (non-hydrogen) atoms. The fourth-order valence-electron chi connectivity index (χ4n) is 3.05. The van der Waals surface area contributed by atoms with Crippen molar-refractivity contribution in [2.45, 2.75) is 13.0 Å². The maximum Gasteiger partial charge on any atom is 0.244 e. The van der Waals surface area contributed by atoms with Gasteiger partial charge in [-0.25, -0.2) is 0 Å². The van der Waals surface area contributed by atoms with E-state index in [1.165, 1.54) is 10.9 Å². The largest absolute Gasteiger partial charge is 0.497 e. The summed E-state index contributed by atoms with van der Waals surface area (Å²) in [5, 5.41) is 15.8. The number of para-hydroxylation sites is 1. The molecule has 0 aliphatic carbocycles. The Morgan fingerprint density at radius 3 is 2.75 bits per heavy atom. The van der Waals surface area contributed by atoms with E-state index in [0.29, 0.717) is 18.3 Å². The molecule has 0 amide bonds. The number of nitrogens with zero attached hydrogens (tertiary/aromatic N) is 3. The lowest BCUT2D eigenvalue weighted by Gasteiger charge is -2.08. The number of hydrogen-bond donors (Lipinski definition) is 3. The van der Waals surface area contributed by atoms with E-state index in [2.05, 4.69) is 55.2 Å². The van der Waals surface area contributed by atoms with E-state index in [4.69, 9.17) is 4.74 Å². The van der Waals surface area contributed by atoms with Crippen molar-refractivity contribution in [3.8, 4) is 5.75 Å². The van der Waals surface area contributed by atoms with E-state index in [1.807, 2.05) is 30.3 Å². The Bertz CT molecular complexity index is 1040. The van der Waals surface area contributed by atoms with E-state index in [9.17, 15) is 0 Å². The number of methoxy groups -OCH3 is 1. The SMILES string of the molecule is COc1ccc(CNc2nncc(NCCc3c[nH]c4ccccc34)n2)cc1. The molecule has 0 radical (unpaired) electrons. The first kappa shape index (κ1) is 17.8. The number of anilines is 2. The Hall–Kier alpha value is -3.61. The highest BCUT2D eigenvalue weighted by Gasteiger charge is 2.04. The molecule has 3 N–H and O–H groups in total. The molecule has 4 rings (SSSR count). The topological polar surface area (TPSA) is 87.8 Å². The van der Waals surface area contributed by atoms with Gasteiger partial charge in [-0.3, -0.25) is 0 Å². The van der Waals surface area contributed by atoms with Gasteiger partial charge in [-0.05, 0) is 35.7 Å². The van der Waals surface area contributed by atoms with Gasteiger partial charge >= 0.3 is 0 Å². The molecule has 0 unspecified atom stereocenters. The number of fused-ring (bicyclic) bond motifs is 1. The number of aromatic amines is 1. The van der Waals surface area contributed by atoms with Gasteiger partial charge in [0.15, 0.2) is 5.82 Å². The zero-order valence-corrected chi connectivity index (χ0v) is 15.6. The molecule has 0 saturated heterocycles. The Morgan fingerprint density at radius 2 is 1.89 bits per heavy atom. The number of nitrogens with one attached hydrogen (secondary N) is 3. The van der Waals surface area contributed by atoms with Gasteiger partial charge in [-0.2, -0.15) is 10.1 Å². The summed E-state index contributed by atoms with van der Waals surface area (Å²) >= 11 is 0. The Kier molecular flexibility index (Phi) is 5.33. The van der Waals surface area contributed by atoms with Crippen molar-refractivity contribution in [1.82, 2.24) is 20.2 Å². The van der Waals surface area contributed by atoms with Crippen LogP contribution in [0, 0.1) is 0 Å². The van der Waals surface area contributed by atoms with Crippen molar-refractivity contribution in [2.75, 3.05) is 24.3 Å².